The molecule has 2 amide bonds. The summed E-state index contributed by atoms with van der Waals surface area (Å²) in [5, 5.41) is 8.21. The standard InChI is InChI=1S/C25H32ClN5O3S/c1-29(2)18-15-27-25(32)31(35(33,34)30-16-7-4-8-17-30)19-23(20-9-5-3-6-10-20)24(28-31)21-11-13-22(26)14-12-21/h3,5-6,9-14,23H,4,7-8,15-19H2,1-2H3/p+1. The number of carbonyl (C=O) groups excluding carboxylic acids is 1. The van der Waals surface area contributed by atoms with Gasteiger partial charge in [0.1, 0.15) is 12.3 Å². The number of nitrogens with zero attached hydrogens (tertiary/aromatic N) is 4. The molecule has 188 valence electrons. The van der Waals surface area contributed by atoms with Gasteiger partial charge in [0.05, 0.1) is 5.92 Å². The van der Waals surface area contributed by atoms with Gasteiger partial charge in [0.25, 0.3) is 0 Å². The van der Waals surface area contributed by atoms with E-state index in [0.717, 1.165) is 30.4 Å². The Hall–Kier alpha value is -2.30. The molecule has 2 atom stereocenters. The molecule has 2 aromatic carbocycles. The van der Waals surface area contributed by atoms with Crippen molar-refractivity contribution in [1.29, 1.82) is 0 Å². The van der Waals surface area contributed by atoms with E-state index in [1.165, 1.54) is 4.31 Å². The van der Waals surface area contributed by atoms with Gasteiger partial charge in [0, 0.05) is 40.8 Å². The number of carbonyl (C=O) groups is 1. The highest BCUT2D eigenvalue weighted by atomic mass is 35.5. The number of halogens is 1. The molecule has 0 aromatic heterocycles. The molecule has 0 aliphatic carbocycles. The molecule has 0 bridgehead atoms. The third kappa shape index (κ3) is 5.29. The summed E-state index contributed by atoms with van der Waals surface area (Å²) in [7, 11) is -0.328. The zero-order valence-electron chi connectivity index (χ0n) is 20.2. The molecule has 1 fully saturated rings. The lowest BCUT2D eigenvalue weighted by atomic mass is 9.91. The highest BCUT2D eigenvalue weighted by molar-refractivity contribution is 7.83. The van der Waals surface area contributed by atoms with Crippen LogP contribution in [0.1, 0.15) is 36.3 Å². The first-order valence-corrected chi connectivity index (χ1v) is 13.7. The van der Waals surface area contributed by atoms with Gasteiger partial charge < -0.3 is 10.2 Å². The second-order valence-electron chi connectivity index (χ2n) is 9.31. The lowest BCUT2D eigenvalue weighted by Crippen LogP contribution is -2.62. The topological polar surface area (TPSA) is 82.1 Å². The SMILES string of the molecule is CN(C)CCNC(=O)[N+]1(S(=O)(=O)N2CCCCC2)CC(c2ccccc2)C(c2ccc(Cl)cc2)=N1. The minimum absolute atomic E-state index is 0.00535. The Labute approximate surface area is 212 Å². The Morgan fingerprint density at radius 1 is 1.09 bits per heavy atom. The number of benzene rings is 2. The van der Waals surface area contributed by atoms with E-state index in [2.05, 4.69) is 5.32 Å². The summed E-state index contributed by atoms with van der Waals surface area (Å²) < 4.78 is 28.7. The van der Waals surface area contributed by atoms with Crippen LogP contribution >= 0.6 is 11.6 Å². The van der Waals surface area contributed by atoms with Crippen molar-refractivity contribution in [3.05, 3.63) is 70.7 Å². The van der Waals surface area contributed by atoms with Crippen molar-refractivity contribution in [2.45, 2.75) is 25.2 Å². The van der Waals surface area contributed by atoms with E-state index in [-0.39, 0.29) is 12.5 Å². The number of quaternary nitrogens is 1. The van der Waals surface area contributed by atoms with E-state index < -0.39 is 20.2 Å². The van der Waals surface area contributed by atoms with Crippen molar-refractivity contribution < 1.29 is 17.2 Å². The van der Waals surface area contributed by atoms with E-state index >= 15 is 0 Å². The van der Waals surface area contributed by atoms with Crippen molar-refractivity contribution in [3.63, 3.8) is 0 Å². The quantitative estimate of drug-likeness (QED) is 0.567. The molecule has 2 heterocycles. The number of piperidine rings is 1. The molecular formula is C25H33ClN5O3S+. The van der Waals surface area contributed by atoms with Crippen LogP contribution in [0.15, 0.2) is 59.7 Å². The van der Waals surface area contributed by atoms with Crippen LogP contribution < -0.4 is 5.32 Å². The molecule has 10 heteroatoms. The molecule has 2 aliphatic heterocycles. The third-order valence-electron chi connectivity index (χ3n) is 6.55. The smallest absolute Gasteiger partial charge is 0.308 e. The van der Waals surface area contributed by atoms with Gasteiger partial charge >= 0.3 is 16.2 Å². The van der Waals surface area contributed by atoms with Crippen LogP contribution in [0, 0.1) is 0 Å². The lowest BCUT2D eigenvalue weighted by molar-refractivity contribution is -0.725. The minimum atomic E-state index is -4.13. The number of nitrogens with one attached hydrogen (secondary N) is 1. The fourth-order valence-electron chi connectivity index (χ4n) is 4.62. The Morgan fingerprint density at radius 2 is 1.74 bits per heavy atom. The molecule has 1 saturated heterocycles. The van der Waals surface area contributed by atoms with Crippen LogP contribution in [0.2, 0.25) is 5.02 Å². The van der Waals surface area contributed by atoms with Gasteiger partial charge in [-0.25, -0.2) is 4.79 Å². The normalized spacial score (nSPS) is 23.3. The molecule has 0 radical (unpaired) electrons. The molecule has 2 aromatic rings. The monoisotopic (exact) mass is 518 g/mol. The fraction of sp³-hybridized carbons (Fsp3) is 0.440. The van der Waals surface area contributed by atoms with Crippen molar-refractivity contribution >= 4 is 33.6 Å². The maximum atomic E-state index is 14.2. The number of amides is 2. The number of rotatable bonds is 7. The average molecular weight is 519 g/mol. The maximum absolute atomic E-state index is 14.2. The molecule has 1 N–H and O–H groups in total. The molecule has 0 spiro atoms. The molecule has 4 rings (SSSR count). The number of hydrogen-bond acceptors (Lipinski definition) is 5. The Morgan fingerprint density at radius 3 is 2.37 bits per heavy atom. The van der Waals surface area contributed by atoms with E-state index in [1.807, 2.05) is 61.5 Å². The predicted molar refractivity (Wildman–Crippen MR) is 139 cm³/mol. The van der Waals surface area contributed by atoms with Crippen molar-refractivity contribution in [1.82, 2.24) is 14.5 Å². The zero-order valence-corrected chi connectivity index (χ0v) is 21.8. The molecule has 2 aliphatic rings. The summed E-state index contributed by atoms with van der Waals surface area (Å²) in [6, 6.07) is 16.2. The zero-order chi connectivity index (χ0) is 25.1. The van der Waals surface area contributed by atoms with Gasteiger partial charge in [-0.1, -0.05) is 65.6 Å². The molecular weight excluding hydrogens is 486 g/mol. The summed E-state index contributed by atoms with van der Waals surface area (Å²) in [6.45, 7) is 1.70. The van der Waals surface area contributed by atoms with Crippen LogP contribution in [0.25, 0.3) is 0 Å². The second kappa shape index (κ2) is 10.8. The first kappa shape index (κ1) is 25.8. The van der Waals surface area contributed by atoms with Crippen LogP contribution in [0.4, 0.5) is 4.79 Å². The van der Waals surface area contributed by atoms with Gasteiger partial charge in [0.2, 0.25) is 0 Å². The first-order valence-electron chi connectivity index (χ1n) is 12.0. The van der Waals surface area contributed by atoms with E-state index in [4.69, 9.17) is 16.7 Å². The van der Waals surface area contributed by atoms with E-state index in [1.54, 1.807) is 12.1 Å². The van der Waals surface area contributed by atoms with Crippen LogP contribution in [0.3, 0.4) is 0 Å². The summed E-state index contributed by atoms with van der Waals surface area (Å²) in [6.07, 6.45) is 2.53. The lowest BCUT2D eigenvalue weighted by Gasteiger charge is -2.32. The maximum Gasteiger partial charge on any atom is 0.460 e. The molecule has 35 heavy (non-hydrogen) atoms. The van der Waals surface area contributed by atoms with Gasteiger partial charge in [-0.3, -0.25) is 0 Å². The highest BCUT2D eigenvalue weighted by Gasteiger charge is 2.60. The Balaban J connectivity index is 1.83. The number of urea groups is 1. The molecule has 0 saturated carbocycles. The molecule has 8 nitrogen and oxygen atoms in total. The largest absolute Gasteiger partial charge is 0.460 e. The molecule has 2 unspecified atom stereocenters. The first-order chi connectivity index (χ1) is 16.7. The summed E-state index contributed by atoms with van der Waals surface area (Å²) in [4.78, 5) is 15.7. The predicted octanol–water partition coefficient (Wildman–Crippen LogP) is 3.66. The Bertz CT molecular complexity index is 1170. The van der Waals surface area contributed by atoms with Crippen molar-refractivity contribution in [3.8, 4) is 0 Å². The summed E-state index contributed by atoms with van der Waals surface area (Å²) in [5.74, 6) is -0.378. The van der Waals surface area contributed by atoms with Gasteiger partial charge in [-0.15, -0.1) is 0 Å². The second-order valence-corrected chi connectivity index (χ2v) is 11.8. The van der Waals surface area contributed by atoms with Crippen LogP contribution in [-0.4, -0.2) is 80.2 Å². The van der Waals surface area contributed by atoms with Gasteiger partial charge in [-0.2, -0.15) is 12.7 Å². The van der Waals surface area contributed by atoms with E-state index in [9.17, 15) is 13.2 Å². The van der Waals surface area contributed by atoms with Gasteiger partial charge in [-0.05, 0) is 44.6 Å². The minimum Gasteiger partial charge on any atom is -0.308 e. The number of likely N-dealkylation sites (N-methyl/N-ethyl adjacent to an activating group) is 1. The van der Waals surface area contributed by atoms with Crippen molar-refractivity contribution in [2.24, 2.45) is 5.10 Å². The number of hydrogen-bond donors (Lipinski definition) is 1. The third-order valence-corrected chi connectivity index (χ3v) is 8.98. The van der Waals surface area contributed by atoms with Gasteiger partial charge in [0.15, 0.2) is 0 Å². The van der Waals surface area contributed by atoms with Crippen molar-refractivity contribution in [2.75, 3.05) is 46.8 Å². The van der Waals surface area contributed by atoms with Crippen LogP contribution in [0.5, 0.6) is 0 Å². The highest BCUT2D eigenvalue weighted by Crippen LogP contribution is 2.38. The fourth-order valence-corrected chi connectivity index (χ4v) is 6.65. The van der Waals surface area contributed by atoms with Crippen LogP contribution in [-0.2, 0) is 10.2 Å². The summed E-state index contributed by atoms with van der Waals surface area (Å²) in [5.41, 5.74) is 2.23. The Kier molecular flexibility index (Phi) is 7.92. The average Bonchev–Trinajstić information content (AvgIpc) is 3.28. The summed E-state index contributed by atoms with van der Waals surface area (Å²) >= 11 is 6.12. The van der Waals surface area contributed by atoms with E-state index in [0.29, 0.717) is 36.9 Å².